The van der Waals surface area contributed by atoms with Crippen molar-refractivity contribution in [3.05, 3.63) is 65.0 Å². The third-order valence-corrected chi connectivity index (χ3v) is 6.79. The third kappa shape index (κ3) is 4.42. The molecular weight excluding hydrogens is 433 g/mol. The molecule has 6 nitrogen and oxygen atoms in total. The first kappa shape index (κ1) is 22.9. The van der Waals surface area contributed by atoms with Crippen molar-refractivity contribution in [3.63, 3.8) is 0 Å². The van der Waals surface area contributed by atoms with Gasteiger partial charge in [0.15, 0.2) is 5.84 Å². The summed E-state index contributed by atoms with van der Waals surface area (Å²) in [6.45, 7) is 7.29. The van der Waals surface area contributed by atoms with Crippen molar-refractivity contribution in [3.8, 4) is 5.75 Å². The first-order chi connectivity index (χ1) is 16.3. The monoisotopic (exact) mass is 465 g/mol. The molecule has 1 fully saturated rings. The molecule has 7 heteroatoms. The highest BCUT2D eigenvalue weighted by Crippen LogP contribution is 2.38. The van der Waals surface area contributed by atoms with Crippen LogP contribution in [0.4, 0.5) is 10.1 Å². The molecule has 3 aliphatic rings. The van der Waals surface area contributed by atoms with Crippen LogP contribution in [0.15, 0.2) is 47.6 Å². The molecule has 3 aliphatic heterocycles. The van der Waals surface area contributed by atoms with E-state index < -0.39 is 11.4 Å². The van der Waals surface area contributed by atoms with Crippen molar-refractivity contribution >= 4 is 17.6 Å². The van der Waals surface area contributed by atoms with Crippen LogP contribution >= 0.6 is 0 Å². The number of nitrogens with zero attached hydrogens (tertiary/aromatic N) is 2. The summed E-state index contributed by atoms with van der Waals surface area (Å²) in [5, 5.41) is 15.5. The molecule has 0 amide bonds. The average Bonchev–Trinajstić information content (AvgIpc) is 3.19. The Morgan fingerprint density at radius 1 is 1.21 bits per heavy atom. The van der Waals surface area contributed by atoms with Crippen molar-refractivity contribution in [2.24, 2.45) is 11.0 Å². The van der Waals surface area contributed by atoms with Crippen molar-refractivity contribution in [1.29, 1.82) is 0 Å². The van der Waals surface area contributed by atoms with Crippen LogP contribution in [-0.2, 0) is 10.3 Å². The highest BCUT2D eigenvalue weighted by Gasteiger charge is 2.33. The summed E-state index contributed by atoms with van der Waals surface area (Å²) in [7, 11) is 0. The zero-order chi connectivity index (χ0) is 23.9. The Balaban J connectivity index is 1.45. The van der Waals surface area contributed by atoms with Gasteiger partial charge in [-0.05, 0) is 72.4 Å². The van der Waals surface area contributed by atoms with Gasteiger partial charge in [-0.3, -0.25) is 5.43 Å². The molecule has 0 spiro atoms. The van der Waals surface area contributed by atoms with Crippen LogP contribution in [0.1, 0.15) is 62.8 Å². The predicted octanol–water partition coefficient (Wildman–Crippen LogP) is 5.09. The Bertz CT molecular complexity index is 1120. The molecule has 0 bridgehead atoms. The van der Waals surface area contributed by atoms with Gasteiger partial charge < -0.3 is 19.5 Å². The zero-order valence-corrected chi connectivity index (χ0v) is 19.9. The van der Waals surface area contributed by atoms with E-state index in [0.717, 1.165) is 29.1 Å². The summed E-state index contributed by atoms with van der Waals surface area (Å²) in [4.78, 5) is 2.17. The van der Waals surface area contributed by atoms with Gasteiger partial charge in [0.05, 0.1) is 11.3 Å². The van der Waals surface area contributed by atoms with Crippen LogP contribution in [0.25, 0.3) is 6.08 Å². The van der Waals surface area contributed by atoms with Crippen LogP contribution in [0.3, 0.4) is 0 Å². The van der Waals surface area contributed by atoms with E-state index in [1.54, 1.807) is 6.07 Å². The van der Waals surface area contributed by atoms with Gasteiger partial charge in [-0.25, -0.2) is 4.39 Å². The molecule has 0 radical (unpaired) electrons. The number of amidine groups is 1. The van der Waals surface area contributed by atoms with E-state index in [1.165, 1.54) is 12.1 Å². The molecule has 0 aromatic heterocycles. The van der Waals surface area contributed by atoms with Crippen molar-refractivity contribution in [1.82, 2.24) is 5.43 Å². The number of benzene rings is 2. The summed E-state index contributed by atoms with van der Waals surface area (Å²) in [6.07, 6.45) is 5.58. The second-order valence-electron chi connectivity index (χ2n) is 9.85. The standard InChI is InChI=1S/C27H32FN3O3/c1-17(2)12-25(20-4-6-24-19(13-20)5-7-26-30-29-18(3)31(24)26)34-23-15-21(14-22(28)16-23)27(32)8-10-33-11-9-27/h4-7,13-18,25,29,32H,8-12H2,1-3H3. The summed E-state index contributed by atoms with van der Waals surface area (Å²) < 4.78 is 26.4. The maximum Gasteiger partial charge on any atom is 0.154 e. The molecule has 180 valence electrons. The lowest BCUT2D eigenvalue weighted by Crippen LogP contribution is -2.38. The lowest BCUT2D eigenvalue weighted by Gasteiger charge is -2.33. The number of anilines is 1. The molecule has 3 heterocycles. The lowest BCUT2D eigenvalue weighted by molar-refractivity contribution is -0.0682. The largest absolute Gasteiger partial charge is 0.486 e. The molecule has 0 aliphatic carbocycles. The fourth-order valence-electron chi connectivity index (χ4n) is 4.95. The van der Waals surface area contributed by atoms with Gasteiger partial charge in [0, 0.05) is 32.1 Å². The Kier molecular flexibility index (Phi) is 6.08. The predicted molar refractivity (Wildman–Crippen MR) is 131 cm³/mol. The third-order valence-electron chi connectivity index (χ3n) is 6.79. The maximum atomic E-state index is 14.6. The van der Waals surface area contributed by atoms with Crippen molar-refractivity contribution in [2.75, 3.05) is 18.1 Å². The Hall–Kier alpha value is -2.90. The normalized spacial score (nSPS) is 21.5. The minimum absolute atomic E-state index is 0.0916. The van der Waals surface area contributed by atoms with E-state index in [4.69, 9.17) is 9.47 Å². The van der Waals surface area contributed by atoms with E-state index >= 15 is 0 Å². The number of hydrazone groups is 1. The second kappa shape index (κ2) is 9.04. The number of fused-ring (bicyclic) bond motifs is 3. The molecule has 5 rings (SSSR count). The SMILES string of the molecule is CC(C)CC(Oc1cc(F)cc(C2(O)CCOCC2)c1)c1ccc2c(c1)C=CC1=NNC(C)N12. The molecule has 2 atom stereocenters. The number of nitrogens with one attached hydrogen (secondary N) is 1. The number of hydrogen-bond acceptors (Lipinski definition) is 6. The molecule has 2 aromatic rings. The van der Waals surface area contributed by atoms with Gasteiger partial charge in [-0.15, -0.1) is 0 Å². The highest BCUT2D eigenvalue weighted by molar-refractivity contribution is 6.13. The van der Waals surface area contributed by atoms with Crippen LogP contribution in [0.5, 0.6) is 5.75 Å². The second-order valence-corrected chi connectivity index (χ2v) is 9.85. The van der Waals surface area contributed by atoms with Gasteiger partial charge in [0.25, 0.3) is 0 Å². The quantitative estimate of drug-likeness (QED) is 0.622. The summed E-state index contributed by atoms with van der Waals surface area (Å²) >= 11 is 0. The van der Waals surface area contributed by atoms with Gasteiger partial charge in [0.2, 0.25) is 0 Å². The first-order valence-electron chi connectivity index (χ1n) is 12.0. The van der Waals surface area contributed by atoms with E-state index in [2.05, 4.69) is 60.5 Å². The highest BCUT2D eigenvalue weighted by atomic mass is 19.1. The Labute approximate surface area is 200 Å². The Morgan fingerprint density at radius 2 is 2.00 bits per heavy atom. The number of ether oxygens (including phenoxy) is 2. The topological polar surface area (TPSA) is 66.3 Å². The van der Waals surface area contributed by atoms with Crippen molar-refractivity contribution in [2.45, 2.75) is 57.9 Å². The minimum Gasteiger partial charge on any atom is -0.486 e. The molecule has 34 heavy (non-hydrogen) atoms. The number of aliphatic hydroxyl groups is 1. The van der Waals surface area contributed by atoms with E-state index in [0.29, 0.717) is 43.3 Å². The molecule has 2 aromatic carbocycles. The molecule has 2 N–H and O–H groups in total. The summed E-state index contributed by atoms with van der Waals surface area (Å²) in [5.74, 6) is 1.30. The number of hydrogen-bond donors (Lipinski definition) is 2. The van der Waals surface area contributed by atoms with Gasteiger partial charge >= 0.3 is 0 Å². The van der Waals surface area contributed by atoms with Crippen LogP contribution < -0.4 is 15.1 Å². The number of halogens is 1. The van der Waals surface area contributed by atoms with Gasteiger partial charge in [0.1, 0.15) is 23.8 Å². The maximum absolute atomic E-state index is 14.6. The average molecular weight is 466 g/mol. The van der Waals surface area contributed by atoms with E-state index in [1.807, 2.05) is 6.08 Å². The zero-order valence-electron chi connectivity index (χ0n) is 19.9. The first-order valence-corrected chi connectivity index (χ1v) is 12.0. The van der Waals surface area contributed by atoms with E-state index in [9.17, 15) is 9.50 Å². The molecule has 2 unspecified atom stereocenters. The van der Waals surface area contributed by atoms with E-state index in [-0.39, 0.29) is 12.3 Å². The van der Waals surface area contributed by atoms with Gasteiger partial charge in [-0.1, -0.05) is 19.9 Å². The summed E-state index contributed by atoms with van der Waals surface area (Å²) in [6, 6.07) is 10.9. The van der Waals surface area contributed by atoms with Crippen LogP contribution in [-0.4, -0.2) is 30.3 Å². The number of rotatable bonds is 6. The lowest BCUT2D eigenvalue weighted by atomic mass is 9.86. The summed E-state index contributed by atoms with van der Waals surface area (Å²) in [5.41, 5.74) is 5.80. The van der Waals surface area contributed by atoms with Gasteiger partial charge in [-0.2, -0.15) is 5.10 Å². The van der Waals surface area contributed by atoms with Crippen LogP contribution in [0, 0.1) is 11.7 Å². The van der Waals surface area contributed by atoms with Crippen LogP contribution in [0.2, 0.25) is 0 Å². The Morgan fingerprint density at radius 3 is 2.76 bits per heavy atom. The van der Waals surface area contributed by atoms with Crippen molar-refractivity contribution < 1.29 is 19.0 Å². The smallest absolute Gasteiger partial charge is 0.154 e. The fourth-order valence-corrected chi connectivity index (χ4v) is 4.95. The minimum atomic E-state index is -1.09. The molecule has 1 saturated heterocycles. The molecule has 0 saturated carbocycles. The fraction of sp³-hybridized carbons (Fsp3) is 0.444. The molecular formula is C27H32FN3O3.